The third kappa shape index (κ3) is 4.22. The normalized spacial score (nSPS) is 11.8. The molecule has 6 heteroatoms. The van der Waals surface area contributed by atoms with E-state index in [0.717, 1.165) is 17.8 Å². The summed E-state index contributed by atoms with van der Waals surface area (Å²) in [7, 11) is 0. The van der Waals surface area contributed by atoms with Crippen molar-refractivity contribution in [3.05, 3.63) is 63.2 Å². The van der Waals surface area contributed by atoms with Crippen LogP contribution in [0.25, 0.3) is 0 Å². The van der Waals surface area contributed by atoms with Crippen LogP contribution in [0.15, 0.2) is 53.6 Å². The maximum absolute atomic E-state index is 12.7. The molecule has 2 rings (SSSR count). The van der Waals surface area contributed by atoms with Crippen LogP contribution in [-0.2, 0) is 6.18 Å². The van der Waals surface area contributed by atoms with E-state index in [2.05, 4.69) is 10.5 Å². The lowest BCUT2D eigenvalue weighted by molar-refractivity contribution is -0.137. The molecule has 0 atom stereocenters. The number of nitrogens with one attached hydrogen (secondary N) is 1. The van der Waals surface area contributed by atoms with Crippen molar-refractivity contribution in [1.82, 2.24) is 0 Å². The average Bonchev–Trinajstić information content (AvgIpc) is 2.38. The van der Waals surface area contributed by atoms with Gasteiger partial charge in [0.2, 0.25) is 0 Å². The molecule has 0 amide bonds. The number of para-hydroxylation sites is 1. The first-order chi connectivity index (χ1) is 9.45. The van der Waals surface area contributed by atoms with Crippen LogP contribution in [0.3, 0.4) is 0 Å². The van der Waals surface area contributed by atoms with Crippen molar-refractivity contribution in [1.29, 1.82) is 0 Å². The molecule has 0 aliphatic rings. The van der Waals surface area contributed by atoms with E-state index in [1.807, 2.05) is 52.9 Å². The van der Waals surface area contributed by atoms with Gasteiger partial charge in [0.25, 0.3) is 0 Å². The summed E-state index contributed by atoms with van der Waals surface area (Å²) >= 11 is 1.85. The van der Waals surface area contributed by atoms with E-state index < -0.39 is 11.7 Å². The Bertz CT molecular complexity index is 610. The number of alkyl halides is 3. The first-order valence-corrected chi connectivity index (χ1v) is 6.75. The second-order valence-corrected chi connectivity index (χ2v) is 5.25. The molecule has 2 nitrogen and oxygen atoms in total. The molecule has 0 bridgehead atoms. The van der Waals surface area contributed by atoms with Gasteiger partial charge in [-0.2, -0.15) is 18.3 Å². The Kier molecular flexibility index (Phi) is 4.64. The lowest BCUT2D eigenvalue weighted by Gasteiger charge is -2.08. The van der Waals surface area contributed by atoms with Crippen molar-refractivity contribution < 1.29 is 13.2 Å². The van der Waals surface area contributed by atoms with Crippen molar-refractivity contribution in [2.24, 2.45) is 5.10 Å². The van der Waals surface area contributed by atoms with Crippen LogP contribution in [-0.4, -0.2) is 6.21 Å². The number of anilines is 1. The highest BCUT2D eigenvalue weighted by Crippen LogP contribution is 2.30. The molecule has 1 N–H and O–H groups in total. The molecular formula is C14H10F3IN2. The van der Waals surface area contributed by atoms with Gasteiger partial charge < -0.3 is 0 Å². The van der Waals surface area contributed by atoms with Crippen LogP contribution in [0, 0.1) is 3.57 Å². The molecule has 20 heavy (non-hydrogen) atoms. The number of halogens is 4. The topological polar surface area (TPSA) is 24.4 Å². The highest BCUT2D eigenvalue weighted by molar-refractivity contribution is 14.1. The maximum atomic E-state index is 12.7. The summed E-state index contributed by atoms with van der Waals surface area (Å²) in [5, 5.41) is 3.93. The summed E-state index contributed by atoms with van der Waals surface area (Å²) in [5.41, 5.74) is 3.25. The van der Waals surface area contributed by atoms with E-state index in [-0.39, 0.29) is 0 Å². The Balaban J connectivity index is 2.15. The van der Waals surface area contributed by atoms with E-state index in [4.69, 9.17) is 0 Å². The fourth-order valence-corrected chi connectivity index (χ4v) is 2.24. The van der Waals surface area contributed by atoms with Gasteiger partial charge in [-0.15, -0.1) is 0 Å². The smallest absolute Gasteiger partial charge is 0.279 e. The lowest BCUT2D eigenvalue weighted by atomic mass is 10.1. The van der Waals surface area contributed by atoms with E-state index in [1.54, 1.807) is 6.07 Å². The third-order valence-corrected chi connectivity index (χ3v) is 3.05. The summed E-state index contributed by atoms with van der Waals surface area (Å²) in [6, 6.07) is 13.0. The molecule has 0 saturated heterocycles. The predicted molar refractivity (Wildman–Crippen MR) is 81.8 cm³/mol. The SMILES string of the molecule is FC(F)(F)c1cc(I)cc(C=NNc2ccccc2)c1. The number of hydrogen-bond acceptors (Lipinski definition) is 2. The van der Waals surface area contributed by atoms with Gasteiger partial charge in [0.1, 0.15) is 0 Å². The summed E-state index contributed by atoms with van der Waals surface area (Å²) in [5.74, 6) is 0. The highest BCUT2D eigenvalue weighted by atomic mass is 127. The maximum Gasteiger partial charge on any atom is 0.416 e. The Morgan fingerprint density at radius 1 is 1.05 bits per heavy atom. The van der Waals surface area contributed by atoms with E-state index in [0.29, 0.717) is 9.13 Å². The Morgan fingerprint density at radius 2 is 1.75 bits per heavy atom. The summed E-state index contributed by atoms with van der Waals surface area (Å²) < 4.78 is 38.5. The van der Waals surface area contributed by atoms with Crippen LogP contribution >= 0.6 is 22.6 Å². The van der Waals surface area contributed by atoms with Gasteiger partial charge in [0, 0.05) is 3.57 Å². The quantitative estimate of drug-likeness (QED) is 0.457. The van der Waals surface area contributed by atoms with Crippen molar-refractivity contribution in [3.8, 4) is 0 Å². The third-order valence-electron chi connectivity index (χ3n) is 2.43. The fraction of sp³-hybridized carbons (Fsp3) is 0.0714. The monoisotopic (exact) mass is 390 g/mol. The van der Waals surface area contributed by atoms with Crippen molar-refractivity contribution >= 4 is 34.5 Å². The number of hydrogen-bond donors (Lipinski definition) is 1. The summed E-state index contributed by atoms with van der Waals surface area (Å²) in [4.78, 5) is 0. The molecule has 0 aromatic heterocycles. The van der Waals surface area contributed by atoms with Crippen LogP contribution in [0.5, 0.6) is 0 Å². The zero-order valence-electron chi connectivity index (χ0n) is 10.2. The molecular weight excluding hydrogens is 380 g/mol. The molecule has 0 aliphatic carbocycles. The zero-order chi connectivity index (χ0) is 14.6. The van der Waals surface area contributed by atoms with Crippen LogP contribution in [0.1, 0.15) is 11.1 Å². The highest BCUT2D eigenvalue weighted by Gasteiger charge is 2.30. The van der Waals surface area contributed by atoms with E-state index in [9.17, 15) is 13.2 Å². The second-order valence-electron chi connectivity index (χ2n) is 4.01. The average molecular weight is 390 g/mol. The van der Waals surface area contributed by atoms with E-state index in [1.165, 1.54) is 6.21 Å². The van der Waals surface area contributed by atoms with E-state index >= 15 is 0 Å². The lowest BCUT2D eigenvalue weighted by Crippen LogP contribution is -2.06. The minimum absolute atomic E-state index is 0.396. The zero-order valence-corrected chi connectivity index (χ0v) is 12.3. The molecule has 0 fully saturated rings. The molecule has 0 saturated carbocycles. The van der Waals surface area contributed by atoms with Crippen molar-refractivity contribution in [2.45, 2.75) is 6.18 Å². The fourth-order valence-electron chi connectivity index (χ4n) is 1.54. The number of nitrogens with zero attached hydrogens (tertiary/aromatic N) is 1. The standard InChI is InChI=1S/C14H10F3IN2/c15-14(16,17)11-6-10(7-12(18)8-11)9-19-20-13-4-2-1-3-5-13/h1-9,20H. The molecule has 2 aromatic carbocycles. The minimum atomic E-state index is -4.35. The van der Waals surface area contributed by atoms with Crippen LogP contribution < -0.4 is 5.43 Å². The van der Waals surface area contributed by atoms with Crippen LogP contribution in [0.2, 0.25) is 0 Å². The van der Waals surface area contributed by atoms with Crippen molar-refractivity contribution in [3.63, 3.8) is 0 Å². The molecule has 0 spiro atoms. The van der Waals surface area contributed by atoms with Gasteiger partial charge in [0.15, 0.2) is 0 Å². The number of hydrazone groups is 1. The van der Waals surface area contributed by atoms with Gasteiger partial charge in [-0.05, 0) is 58.5 Å². The van der Waals surface area contributed by atoms with Gasteiger partial charge >= 0.3 is 6.18 Å². The molecule has 0 radical (unpaired) electrons. The van der Waals surface area contributed by atoms with Gasteiger partial charge in [-0.25, -0.2) is 0 Å². The van der Waals surface area contributed by atoms with Gasteiger partial charge in [-0.1, -0.05) is 18.2 Å². The largest absolute Gasteiger partial charge is 0.416 e. The minimum Gasteiger partial charge on any atom is -0.279 e. The predicted octanol–water partition coefficient (Wildman–Crippen LogP) is 4.76. The first-order valence-electron chi connectivity index (χ1n) is 5.67. The van der Waals surface area contributed by atoms with Gasteiger partial charge in [0.05, 0.1) is 17.5 Å². The van der Waals surface area contributed by atoms with Crippen molar-refractivity contribution in [2.75, 3.05) is 5.43 Å². The molecule has 0 heterocycles. The Hall–Kier alpha value is -1.57. The van der Waals surface area contributed by atoms with Crippen LogP contribution in [0.4, 0.5) is 18.9 Å². The summed E-state index contributed by atoms with van der Waals surface area (Å²) in [6.45, 7) is 0. The molecule has 2 aromatic rings. The number of benzene rings is 2. The summed E-state index contributed by atoms with van der Waals surface area (Å²) in [6.07, 6.45) is -2.99. The molecule has 104 valence electrons. The van der Waals surface area contributed by atoms with Gasteiger partial charge in [-0.3, -0.25) is 5.43 Å². The second kappa shape index (κ2) is 6.25. The first kappa shape index (κ1) is 14.8. The Morgan fingerprint density at radius 3 is 2.40 bits per heavy atom. The molecule has 0 unspecified atom stereocenters. The number of rotatable bonds is 3. The molecule has 0 aliphatic heterocycles. The Labute approximate surface area is 127 Å².